The minimum Gasteiger partial charge on any atom is -0.481 e. The maximum absolute atomic E-state index is 14.2. The summed E-state index contributed by atoms with van der Waals surface area (Å²) in [4.78, 5) is 43.5. The van der Waals surface area contributed by atoms with E-state index in [-0.39, 0.29) is 29.3 Å². The zero-order valence-corrected chi connectivity index (χ0v) is 21.3. The molecule has 34 heavy (non-hydrogen) atoms. The average Bonchev–Trinajstić information content (AvgIpc) is 3.41. The summed E-state index contributed by atoms with van der Waals surface area (Å²) >= 11 is 3.59. The van der Waals surface area contributed by atoms with Gasteiger partial charge >= 0.3 is 5.97 Å². The van der Waals surface area contributed by atoms with Crippen LogP contribution in [-0.2, 0) is 19.1 Å². The Morgan fingerprint density at radius 1 is 1.21 bits per heavy atom. The average molecular weight is 541 g/mol. The molecule has 4 rings (SSSR count). The molecule has 2 bridgehead atoms. The molecule has 0 radical (unpaired) electrons. The predicted molar refractivity (Wildman–Crippen MR) is 129 cm³/mol. The summed E-state index contributed by atoms with van der Waals surface area (Å²) in [6, 6.07) is -0.719. The molecule has 3 aliphatic heterocycles. The second-order valence-corrected chi connectivity index (χ2v) is 11.4. The van der Waals surface area contributed by atoms with Gasteiger partial charge in [-0.15, -0.1) is 6.58 Å². The molecule has 8 nitrogen and oxygen atoms in total. The van der Waals surface area contributed by atoms with Gasteiger partial charge in [-0.1, -0.05) is 54.1 Å². The van der Waals surface area contributed by atoms with Gasteiger partial charge in [0, 0.05) is 30.6 Å². The van der Waals surface area contributed by atoms with E-state index in [4.69, 9.17) is 9.84 Å². The Hall–Kier alpha value is -1.45. The molecule has 9 heteroatoms. The van der Waals surface area contributed by atoms with E-state index in [9.17, 15) is 19.5 Å². The van der Waals surface area contributed by atoms with E-state index in [1.54, 1.807) is 11.0 Å². The van der Waals surface area contributed by atoms with Crippen molar-refractivity contribution in [1.29, 1.82) is 0 Å². The molecule has 1 saturated carbocycles. The first-order chi connectivity index (χ1) is 16.4. The molecule has 2 N–H and O–H groups in total. The van der Waals surface area contributed by atoms with Crippen molar-refractivity contribution in [2.75, 3.05) is 19.7 Å². The van der Waals surface area contributed by atoms with Crippen molar-refractivity contribution < 1.29 is 29.3 Å². The number of aliphatic hydroxyl groups is 1. The lowest BCUT2D eigenvalue weighted by Gasteiger charge is -2.41. The normalized spacial score (nSPS) is 34.9. The Morgan fingerprint density at radius 3 is 2.56 bits per heavy atom. The van der Waals surface area contributed by atoms with Gasteiger partial charge in [0.1, 0.15) is 11.6 Å². The third-order valence-corrected chi connectivity index (χ3v) is 9.08. The van der Waals surface area contributed by atoms with Gasteiger partial charge in [-0.05, 0) is 32.1 Å². The van der Waals surface area contributed by atoms with E-state index in [1.165, 1.54) is 0 Å². The second kappa shape index (κ2) is 10.7. The van der Waals surface area contributed by atoms with Crippen molar-refractivity contribution in [1.82, 2.24) is 9.80 Å². The molecule has 3 saturated heterocycles. The van der Waals surface area contributed by atoms with Crippen molar-refractivity contribution in [3.8, 4) is 0 Å². The highest BCUT2D eigenvalue weighted by molar-refractivity contribution is 9.09. The van der Waals surface area contributed by atoms with Crippen LogP contribution in [0, 0.1) is 11.8 Å². The first kappa shape index (κ1) is 25.6. The number of nitrogens with zero attached hydrogens (tertiary/aromatic N) is 2. The largest absolute Gasteiger partial charge is 0.481 e. The number of aliphatic hydroxyl groups excluding tert-OH is 1. The molecule has 3 heterocycles. The smallest absolute Gasteiger partial charge is 0.310 e. The molecule has 190 valence electrons. The minimum atomic E-state index is -1.12. The van der Waals surface area contributed by atoms with E-state index in [0.29, 0.717) is 32.4 Å². The summed E-state index contributed by atoms with van der Waals surface area (Å²) in [7, 11) is 0. The lowest BCUT2D eigenvalue weighted by molar-refractivity contribution is -0.151. The first-order valence-corrected chi connectivity index (χ1v) is 13.7. The Bertz CT molecular complexity index is 802. The number of carbonyl (C=O) groups is 3. The number of rotatable bonds is 11. The summed E-state index contributed by atoms with van der Waals surface area (Å²) in [6.07, 6.45) is 9.80. The second-order valence-electron chi connectivity index (χ2n) is 10.2. The van der Waals surface area contributed by atoms with Crippen LogP contribution in [0.25, 0.3) is 0 Å². The lowest BCUT2D eigenvalue weighted by Crippen LogP contribution is -2.58. The van der Waals surface area contributed by atoms with Crippen LogP contribution in [0.2, 0.25) is 0 Å². The molecule has 1 aliphatic carbocycles. The van der Waals surface area contributed by atoms with Crippen molar-refractivity contribution in [3.05, 3.63) is 12.7 Å². The molecule has 6 atom stereocenters. The lowest BCUT2D eigenvalue weighted by atomic mass is 9.70. The van der Waals surface area contributed by atoms with Crippen LogP contribution in [0.3, 0.4) is 0 Å². The fourth-order valence-electron chi connectivity index (χ4n) is 6.79. The molecular weight excluding hydrogens is 504 g/mol. The summed E-state index contributed by atoms with van der Waals surface area (Å²) in [6.45, 7) is 4.79. The number of halogens is 1. The number of alkyl halides is 1. The highest BCUT2D eigenvalue weighted by Crippen LogP contribution is 2.60. The third-order valence-electron chi connectivity index (χ3n) is 8.24. The Balaban J connectivity index is 1.66. The minimum absolute atomic E-state index is 0.102. The fraction of sp³-hybridized carbons (Fsp3) is 0.800. The topological polar surface area (TPSA) is 107 Å². The van der Waals surface area contributed by atoms with Gasteiger partial charge in [-0.3, -0.25) is 14.4 Å². The monoisotopic (exact) mass is 540 g/mol. The van der Waals surface area contributed by atoms with Crippen molar-refractivity contribution in [3.63, 3.8) is 0 Å². The maximum Gasteiger partial charge on any atom is 0.310 e. The van der Waals surface area contributed by atoms with Crippen LogP contribution in [-0.4, -0.2) is 86.1 Å². The number of aliphatic carboxylic acids is 1. The number of ether oxygens (including phenoxy) is 1. The SMILES string of the molecule is C=CCN(C(=O)[C@@H]1N(CCCCCCO)C(=O)[C@H]2[C@H](C(=O)O)[C@H]3O[C@@]12CC3Br)C1CCCCC1. The molecule has 1 unspecified atom stereocenters. The molecule has 0 aromatic heterocycles. The number of hydrogen-bond donors (Lipinski definition) is 2. The highest BCUT2D eigenvalue weighted by atomic mass is 79.9. The number of amides is 2. The van der Waals surface area contributed by atoms with Crippen LogP contribution in [0.5, 0.6) is 0 Å². The van der Waals surface area contributed by atoms with Crippen molar-refractivity contribution >= 4 is 33.7 Å². The number of carboxylic acids is 1. The molecular formula is C25H37BrN2O6. The fourth-order valence-corrected chi connectivity index (χ4v) is 7.73. The van der Waals surface area contributed by atoms with Crippen molar-refractivity contribution in [2.45, 2.75) is 92.8 Å². The number of carbonyl (C=O) groups excluding carboxylic acids is 2. The van der Waals surface area contributed by atoms with Gasteiger partial charge in [0.2, 0.25) is 11.8 Å². The van der Waals surface area contributed by atoms with Crippen LogP contribution < -0.4 is 0 Å². The standard InChI is InChI=1S/C25H37BrN2O6/c1-2-12-27(16-10-6-5-7-11-16)23(31)21-25-15-17(26)20(34-25)18(24(32)33)19(25)22(30)28(21)13-8-3-4-9-14-29/h2,16-21,29H,1,3-15H2,(H,32,33)/t17?,18-,19+,20-,21-,25+/m0/s1. The molecule has 4 fully saturated rings. The highest BCUT2D eigenvalue weighted by Gasteiger charge is 2.76. The van der Waals surface area contributed by atoms with E-state index in [0.717, 1.165) is 44.9 Å². The number of hydrogen-bond acceptors (Lipinski definition) is 5. The zero-order valence-electron chi connectivity index (χ0n) is 19.7. The van der Waals surface area contributed by atoms with Crippen LogP contribution in [0.4, 0.5) is 0 Å². The quantitative estimate of drug-likeness (QED) is 0.237. The zero-order chi connectivity index (χ0) is 24.5. The Kier molecular flexibility index (Phi) is 8.04. The Morgan fingerprint density at radius 2 is 1.91 bits per heavy atom. The number of carboxylic acid groups (broad SMARTS) is 1. The van der Waals surface area contributed by atoms with Gasteiger partial charge in [0.05, 0.1) is 17.9 Å². The molecule has 0 aromatic rings. The summed E-state index contributed by atoms with van der Waals surface area (Å²) in [5.41, 5.74) is -1.12. The van der Waals surface area contributed by atoms with Crippen LogP contribution >= 0.6 is 15.9 Å². The number of unbranched alkanes of at least 4 members (excludes halogenated alkanes) is 3. The first-order valence-electron chi connectivity index (χ1n) is 12.7. The summed E-state index contributed by atoms with van der Waals surface area (Å²) in [5, 5.41) is 19.0. The number of likely N-dealkylation sites (tertiary alicyclic amines) is 1. The Labute approximate surface area is 209 Å². The summed E-state index contributed by atoms with van der Waals surface area (Å²) in [5.74, 6) is -3.24. The predicted octanol–water partition coefficient (Wildman–Crippen LogP) is 2.72. The molecule has 2 amide bonds. The van der Waals surface area contributed by atoms with Crippen molar-refractivity contribution in [2.24, 2.45) is 11.8 Å². The van der Waals surface area contributed by atoms with Crippen LogP contribution in [0.1, 0.15) is 64.2 Å². The van der Waals surface area contributed by atoms with Crippen LogP contribution in [0.15, 0.2) is 12.7 Å². The van der Waals surface area contributed by atoms with E-state index in [2.05, 4.69) is 22.5 Å². The van der Waals surface area contributed by atoms with Gasteiger partial charge in [-0.25, -0.2) is 0 Å². The van der Waals surface area contributed by atoms with Gasteiger partial charge in [0.15, 0.2) is 0 Å². The maximum atomic E-state index is 14.2. The molecule has 4 aliphatic rings. The summed E-state index contributed by atoms with van der Waals surface area (Å²) < 4.78 is 6.37. The van der Waals surface area contributed by atoms with Gasteiger partial charge in [0.25, 0.3) is 0 Å². The van der Waals surface area contributed by atoms with E-state index in [1.807, 2.05) is 4.90 Å². The van der Waals surface area contributed by atoms with E-state index < -0.39 is 35.6 Å². The van der Waals surface area contributed by atoms with Gasteiger partial charge in [-0.2, -0.15) is 0 Å². The van der Waals surface area contributed by atoms with Gasteiger partial charge < -0.3 is 24.7 Å². The molecule has 1 spiro atoms. The third kappa shape index (κ3) is 4.32. The molecule has 0 aromatic carbocycles. The number of fused-ring (bicyclic) bond motifs is 1. The van der Waals surface area contributed by atoms with E-state index >= 15 is 0 Å².